The third-order valence-corrected chi connectivity index (χ3v) is 13.2. The van der Waals surface area contributed by atoms with Gasteiger partial charge >= 0.3 is 12.2 Å². The highest BCUT2D eigenvalue weighted by molar-refractivity contribution is 5.99. The number of hydrogen-bond donors (Lipinski definition) is 4. The van der Waals surface area contributed by atoms with E-state index < -0.39 is 36.4 Å². The van der Waals surface area contributed by atoms with E-state index in [0.29, 0.717) is 56.1 Å². The molecule has 0 radical (unpaired) electrons. The van der Waals surface area contributed by atoms with Gasteiger partial charge in [-0.25, -0.2) is 9.59 Å². The van der Waals surface area contributed by atoms with Crippen LogP contribution in [0.5, 0.6) is 0 Å². The molecule has 0 bridgehead atoms. The minimum Gasteiger partial charge on any atom is -0.453 e. The van der Waals surface area contributed by atoms with Crippen molar-refractivity contribution >= 4 is 52.9 Å². The van der Waals surface area contributed by atoms with Gasteiger partial charge in [0.1, 0.15) is 24.2 Å². The number of alkyl carbamates (subject to hydrolysis) is 2. The van der Waals surface area contributed by atoms with E-state index in [-0.39, 0.29) is 47.5 Å². The first-order chi connectivity index (χ1) is 30.8. The van der Waals surface area contributed by atoms with Crippen molar-refractivity contribution in [1.82, 2.24) is 20.4 Å². The van der Waals surface area contributed by atoms with Crippen LogP contribution in [0.4, 0.5) is 26.7 Å². The third-order valence-electron chi connectivity index (χ3n) is 13.2. The molecule has 1 saturated carbocycles. The summed E-state index contributed by atoms with van der Waals surface area (Å²) in [7, 11) is 2.51. The van der Waals surface area contributed by atoms with Gasteiger partial charge in [-0.15, -0.1) is 0 Å². The van der Waals surface area contributed by atoms with E-state index in [1.54, 1.807) is 9.80 Å². The highest BCUT2D eigenvalue weighted by Gasteiger charge is 2.41. The van der Waals surface area contributed by atoms with Crippen LogP contribution in [0.2, 0.25) is 0 Å². The summed E-state index contributed by atoms with van der Waals surface area (Å²) in [6.45, 7) is 8.23. The Morgan fingerprint density at radius 1 is 0.531 bits per heavy atom. The molecule has 3 aromatic rings. The monoisotopic (exact) mass is 877 g/mol. The average Bonchev–Trinajstić information content (AvgIpc) is 3.62. The zero-order valence-corrected chi connectivity index (χ0v) is 37.8. The van der Waals surface area contributed by atoms with E-state index in [4.69, 9.17) is 9.47 Å². The maximum atomic E-state index is 13.7. The maximum absolute atomic E-state index is 13.7. The number of likely N-dealkylation sites (tertiary alicyclic amines) is 2. The molecule has 15 heteroatoms. The smallest absolute Gasteiger partial charge is 0.407 e. The van der Waals surface area contributed by atoms with Gasteiger partial charge < -0.3 is 45.4 Å². The van der Waals surface area contributed by atoms with Crippen molar-refractivity contribution in [3.63, 3.8) is 0 Å². The Morgan fingerprint density at radius 2 is 0.922 bits per heavy atom. The van der Waals surface area contributed by atoms with Crippen molar-refractivity contribution in [2.24, 2.45) is 11.8 Å². The summed E-state index contributed by atoms with van der Waals surface area (Å²) in [5.41, 5.74) is 5.97. The summed E-state index contributed by atoms with van der Waals surface area (Å²) in [4.78, 5) is 84.1. The molecule has 4 N–H and O–H groups in total. The molecule has 3 heterocycles. The molecule has 3 saturated heterocycles. The van der Waals surface area contributed by atoms with Gasteiger partial charge in [-0.1, -0.05) is 64.1 Å². The fourth-order valence-electron chi connectivity index (χ4n) is 9.55. The number of hydrogen-bond acceptors (Lipinski definition) is 9. The van der Waals surface area contributed by atoms with Crippen LogP contribution < -0.4 is 26.2 Å². The average molecular weight is 878 g/mol. The quantitative estimate of drug-likeness (QED) is 0.130. The van der Waals surface area contributed by atoms with Gasteiger partial charge in [0.2, 0.25) is 23.6 Å². The normalized spacial score (nSPS) is 21.7. The molecule has 64 heavy (non-hydrogen) atoms. The van der Waals surface area contributed by atoms with Gasteiger partial charge in [0.05, 0.1) is 26.3 Å². The van der Waals surface area contributed by atoms with Crippen LogP contribution >= 0.6 is 0 Å². The van der Waals surface area contributed by atoms with Gasteiger partial charge in [0, 0.05) is 30.2 Å². The second kappa shape index (κ2) is 20.2. The summed E-state index contributed by atoms with van der Waals surface area (Å²) in [6, 6.07) is 22.0. The Bertz CT molecular complexity index is 2030. The first-order valence-electron chi connectivity index (χ1n) is 22.8. The Hall–Kier alpha value is -6.12. The Morgan fingerprint density at radius 3 is 1.28 bits per heavy atom. The van der Waals surface area contributed by atoms with Crippen molar-refractivity contribution in [3.05, 3.63) is 89.5 Å². The first-order valence-corrected chi connectivity index (χ1v) is 22.8. The van der Waals surface area contributed by atoms with Crippen LogP contribution in [0.1, 0.15) is 114 Å². The molecular formula is C49H63N7O8. The molecule has 3 aliphatic heterocycles. The lowest BCUT2D eigenvalue weighted by Gasteiger charge is -2.34. The molecule has 0 aromatic heterocycles. The van der Waals surface area contributed by atoms with E-state index in [1.165, 1.54) is 32.6 Å². The number of ether oxygens (including phenoxy) is 2. The fraction of sp³-hybridized carbons (Fsp3) is 0.510. The Kier molecular flexibility index (Phi) is 14.4. The summed E-state index contributed by atoms with van der Waals surface area (Å²) >= 11 is 0. The van der Waals surface area contributed by atoms with Gasteiger partial charge in [-0.2, -0.15) is 0 Å². The number of nitrogens with zero attached hydrogens (tertiary/aromatic N) is 3. The minimum absolute atomic E-state index is 0.0494. The number of amides is 6. The summed E-state index contributed by atoms with van der Waals surface area (Å²) in [5.74, 6) is -0.890. The second-order valence-electron chi connectivity index (χ2n) is 18.2. The van der Waals surface area contributed by atoms with Crippen molar-refractivity contribution in [3.8, 4) is 0 Å². The molecule has 7 rings (SSSR count). The number of carbonyl (C=O) groups is 6. The molecule has 0 unspecified atom stereocenters. The molecule has 6 amide bonds. The van der Waals surface area contributed by atoms with Crippen LogP contribution in [0.15, 0.2) is 72.8 Å². The number of rotatable bonds is 14. The SMILES string of the molecule is COC(=O)N[C@H](C(=O)N1CCC[C@H]1C(=O)Nc1ccc([C@H]2CC[C@H](c3ccc(NC(=O)[C@@H]4CCCN4C(=O)[C@@H](NC(=O)OC)C(C)C)cc3)N2c2ccc(C3CC3)cc2)cc1)C(C)C. The largest absolute Gasteiger partial charge is 0.453 e. The van der Waals surface area contributed by atoms with Crippen molar-refractivity contribution in [2.75, 3.05) is 42.8 Å². The number of carbonyl (C=O) groups excluding carboxylic acids is 6. The standard InChI is InChI=1S/C49H63N7O8/c1-29(2)42(52-48(61)63-5)46(59)54-27-7-9-40(54)44(57)50-35-19-13-33(14-20-35)38-25-26-39(56(38)37-23-17-32(18-24-37)31-11-12-31)34-15-21-36(22-16-34)51-45(58)41-10-8-28-55(41)47(60)43(30(3)4)53-49(62)64-6/h13-24,29-31,38-43H,7-12,25-28H2,1-6H3,(H,50,57)(H,51,58)(H,52,61)(H,53,62)/t38-,39-,40+,41+,42+,43+/m1/s1. The number of nitrogens with one attached hydrogen (secondary N) is 4. The summed E-state index contributed by atoms with van der Waals surface area (Å²) in [5, 5.41) is 11.3. The lowest BCUT2D eigenvalue weighted by atomic mass is 10.0. The number of methoxy groups -OCH3 is 2. The zero-order valence-electron chi connectivity index (χ0n) is 37.8. The van der Waals surface area contributed by atoms with Gasteiger partial charge in [0.15, 0.2) is 0 Å². The van der Waals surface area contributed by atoms with Crippen LogP contribution in [-0.2, 0) is 28.7 Å². The molecule has 4 fully saturated rings. The highest BCUT2D eigenvalue weighted by Crippen LogP contribution is 2.48. The molecule has 15 nitrogen and oxygen atoms in total. The minimum atomic E-state index is -0.809. The van der Waals surface area contributed by atoms with Crippen LogP contribution in [0, 0.1) is 11.8 Å². The second-order valence-corrected chi connectivity index (χ2v) is 18.2. The number of anilines is 3. The summed E-state index contributed by atoms with van der Waals surface area (Å²) < 4.78 is 9.48. The molecule has 342 valence electrons. The predicted octanol–water partition coefficient (Wildman–Crippen LogP) is 7.27. The van der Waals surface area contributed by atoms with Crippen molar-refractivity contribution in [1.29, 1.82) is 0 Å². The molecule has 6 atom stereocenters. The van der Waals surface area contributed by atoms with Crippen molar-refractivity contribution < 1.29 is 38.2 Å². The van der Waals surface area contributed by atoms with Gasteiger partial charge in [-0.05, 0) is 122 Å². The van der Waals surface area contributed by atoms with E-state index >= 15 is 0 Å². The maximum Gasteiger partial charge on any atom is 0.407 e. The molecule has 4 aliphatic rings. The topological polar surface area (TPSA) is 179 Å². The summed E-state index contributed by atoms with van der Waals surface area (Å²) in [6.07, 6.45) is 5.27. The third kappa shape index (κ3) is 10.3. The predicted molar refractivity (Wildman–Crippen MR) is 244 cm³/mol. The van der Waals surface area contributed by atoms with Gasteiger partial charge in [-0.3, -0.25) is 19.2 Å². The van der Waals surface area contributed by atoms with E-state index in [9.17, 15) is 28.8 Å². The Balaban J connectivity index is 1.04. The number of benzene rings is 3. The lowest BCUT2D eigenvalue weighted by molar-refractivity contribution is -0.139. The highest BCUT2D eigenvalue weighted by atomic mass is 16.5. The fourth-order valence-corrected chi connectivity index (χ4v) is 9.55. The first kappa shape index (κ1) is 45.9. The van der Waals surface area contributed by atoms with Crippen molar-refractivity contribution in [2.45, 2.75) is 121 Å². The molecule has 1 aliphatic carbocycles. The zero-order chi connectivity index (χ0) is 45.7. The Labute approximate surface area is 376 Å². The van der Waals surface area contributed by atoms with Crippen LogP contribution in [-0.4, -0.2) is 97.1 Å². The van der Waals surface area contributed by atoms with Crippen LogP contribution in [0.3, 0.4) is 0 Å². The van der Waals surface area contributed by atoms with Crippen LogP contribution in [0.25, 0.3) is 0 Å². The van der Waals surface area contributed by atoms with Gasteiger partial charge in [0.25, 0.3) is 0 Å². The molecule has 3 aromatic carbocycles. The molecular weight excluding hydrogens is 815 g/mol. The van der Waals surface area contributed by atoms with E-state index in [1.807, 2.05) is 52.0 Å². The van der Waals surface area contributed by atoms with E-state index in [2.05, 4.69) is 74.7 Å². The molecule has 0 spiro atoms. The van der Waals surface area contributed by atoms with E-state index in [0.717, 1.165) is 29.7 Å². The lowest BCUT2D eigenvalue weighted by Crippen LogP contribution is -2.54.